The summed E-state index contributed by atoms with van der Waals surface area (Å²) in [4.78, 5) is 16.8. The van der Waals surface area contributed by atoms with E-state index in [9.17, 15) is 4.79 Å². The molecule has 144 valence electrons. The normalized spacial score (nSPS) is 10.3. The minimum absolute atomic E-state index is 0.278. The van der Waals surface area contributed by atoms with Crippen molar-refractivity contribution in [2.75, 3.05) is 24.9 Å². The number of nitrogens with one attached hydrogen (secondary N) is 2. The molecule has 2 aromatic carbocycles. The molecule has 1 heterocycles. The lowest BCUT2D eigenvalue weighted by atomic mass is 10.2. The molecular formula is C21H20ClN3O3. The largest absolute Gasteiger partial charge is 0.495 e. The zero-order chi connectivity index (χ0) is 20.1. The number of nitrogens with zero attached hydrogens (tertiary/aromatic N) is 1. The molecule has 0 saturated carbocycles. The fourth-order valence-electron chi connectivity index (χ4n) is 2.62. The molecule has 0 unspecified atom stereocenters. The van der Waals surface area contributed by atoms with Crippen LogP contribution in [0.25, 0.3) is 0 Å². The first-order valence-corrected chi connectivity index (χ1v) is 8.91. The van der Waals surface area contributed by atoms with Crippen molar-refractivity contribution >= 4 is 34.6 Å². The van der Waals surface area contributed by atoms with Crippen molar-refractivity contribution in [1.82, 2.24) is 4.98 Å². The van der Waals surface area contributed by atoms with E-state index in [0.717, 1.165) is 22.7 Å². The minimum Gasteiger partial charge on any atom is -0.495 e. The van der Waals surface area contributed by atoms with Crippen LogP contribution in [0.2, 0.25) is 5.02 Å². The number of hydrogen-bond acceptors (Lipinski definition) is 5. The van der Waals surface area contributed by atoms with Crippen molar-refractivity contribution in [1.29, 1.82) is 0 Å². The Bertz CT molecular complexity index is 991. The Labute approximate surface area is 168 Å². The van der Waals surface area contributed by atoms with Crippen LogP contribution in [-0.2, 0) is 0 Å². The first-order valence-electron chi connectivity index (χ1n) is 8.53. The average molecular weight is 398 g/mol. The first-order chi connectivity index (χ1) is 13.5. The van der Waals surface area contributed by atoms with Gasteiger partial charge in [-0.3, -0.25) is 4.79 Å². The molecule has 3 rings (SSSR count). The van der Waals surface area contributed by atoms with Gasteiger partial charge in [0.2, 0.25) is 0 Å². The van der Waals surface area contributed by atoms with Gasteiger partial charge in [-0.2, -0.15) is 0 Å². The van der Waals surface area contributed by atoms with Crippen molar-refractivity contribution in [3.05, 3.63) is 71.0 Å². The number of para-hydroxylation sites is 2. The van der Waals surface area contributed by atoms with Gasteiger partial charge in [0.1, 0.15) is 17.2 Å². The third kappa shape index (κ3) is 4.35. The van der Waals surface area contributed by atoms with Gasteiger partial charge in [0.15, 0.2) is 0 Å². The van der Waals surface area contributed by atoms with Crippen LogP contribution in [0, 0.1) is 6.92 Å². The highest BCUT2D eigenvalue weighted by molar-refractivity contribution is 6.31. The Balaban J connectivity index is 1.75. The van der Waals surface area contributed by atoms with Crippen LogP contribution in [-0.4, -0.2) is 25.1 Å². The van der Waals surface area contributed by atoms with Gasteiger partial charge in [0.25, 0.3) is 5.91 Å². The van der Waals surface area contributed by atoms with Crippen molar-refractivity contribution in [3.63, 3.8) is 0 Å². The van der Waals surface area contributed by atoms with E-state index >= 15 is 0 Å². The smallest absolute Gasteiger partial charge is 0.274 e. The SMILES string of the molecule is COc1cc(Cl)c(C)cc1NC(=O)c1ccc(Nc2ccccc2OC)cn1. The number of amides is 1. The van der Waals surface area contributed by atoms with Gasteiger partial charge in [-0.1, -0.05) is 23.7 Å². The molecule has 1 amide bonds. The van der Waals surface area contributed by atoms with Gasteiger partial charge < -0.3 is 20.1 Å². The van der Waals surface area contributed by atoms with Gasteiger partial charge in [-0.15, -0.1) is 0 Å². The lowest BCUT2D eigenvalue weighted by molar-refractivity contribution is 0.102. The van der Waals surface area contributed by atoms with Gasteiger partial charge in [0, 0.05) is 11.1 Å². The number of anilines is 3. The maximum absolute atomic E-state index is 12.5. The molecular weight excluding hydrogens is 378 g/mol. The summed E-state index contributed by atoms with van der Waals surface area (Å²) in [7, 11) is 3.13. The molecule has 3 aromatic rings. The fraction of sp³-hybridized carbons (Fsp3) is 0.143. The molecule has 0 aliphatic carbocycles. The topological polar surface area (TPSA) is 72.5 Å². The molecule has 0 aliphatic heterocycles. The van der Waals surface area contributed by atoms with Gasteiger partial charge >= 0.3 is 0 Å². The van der Waals surface area contributed by atoms with Gasteiger partial charge in [0.05, 0.1) is 37.5 Å². The summed E-state index contributed by atoms with van der Waals surface area (Å²) in [6.45, 7) is 1.86. The Morgan fingerprint density at radius 3 is 2.43 bits per heavy atom. The number of halogens is 1. The number of pyridine rings is 1. The number of hydrogen-bond donors (Lipinski definition) is 2. The van der Waals surface area contributed by atoms with E-state index in [1.54, 1.807) is 37.6 Å². The average Bonchev–Trinajstić information content (AvgIpc) is 2.71. The predicted molar refractivity (Wildman–Crippen MR) is 111 cm³/mol. The number of methoxy groups -OCH3 is 2. The molecule has 28 heavy (non-hydrogen) atoms. The van der Waals surface area contributed by atoms with E-state index in [-0.39, 0.29) is 11.6 Å². The maximum Gasteiger partial charge on any atom is 0.274 e. The molecule has 0 spiro atoms. The number of carbonyl (C=O) groups is 1. The number of benzene rings is 2. The highest BCUT2D eigenvalue weighted by Crippen LogP contribution is 2.31. The summed E-state index contributed by atoms with van der Waals surface area (Å²) in [5.74, 6) is 0.858. The first kappa shape index (κ1) is 19.5. The predicted octanol–water partition coefficient (Wildman–Crippen LogP) is 5.06. The summed E-state index contributed by atoms with van der Waals surface area (Å²) in [5, 5.41) is 6.59. The molecule has 1 aromatic heterocycles. The molecule has 0 aliphatic rings. The molecule has 0 fully saturated rings. The molecule has 0 atom stereocenters. The number of aryl methyl sites for hydroxylation is 1. The van der Waals surface area contributed by atoms with Gasteiger partial charge in [-0.25, -0.2) is 4.98 Å². The third-order valence-electron chi connectivity index (χ3n) is 4.11. The summed E-state index contributed by atoms with van der Waals surface area (Å²) in [6.07, 6.45) is 1.59. The van der Waals surface area contributed by atoms with Crippen molar-refractivity contribution < 1.29 is 14.3 Å². The fourth-order valence-corrected chi connectivity index (χ4v) is 2.78. The van der Waals surface area contributed by atoms with Crippen LogP contribution in [0.5, 0.6) is 11.5 Å². The molecule has 0 radical (unpaired) electrons. The lowest BCUT2D eigenvalue weighted by Crippen LogP contribution is -2.14. The summed E-state index contributed by atoms with van der Waals surface area (Å²) in [6, 6.07) is 14.4. The quantitative estimate of drug-likeness (QED) is 0.608. The van der Waals surface area contributed by atoms with Crippen LogP contribution in [0.1, 0.15) is 16.1 Å². The van der Waals surface area contributed by atoms with E-state index < -0.39 is 0 Å². The molecule has 7 heteroatoms. The zero-order valence-electron chi connectivity index (χ0n) is 15.7. The number of rotatable bonds is 6. The number of carbonyl (C=O) groups excluding carboxylic acids is 1. The monoisotopic (exact) mass is 397 g/mol. The molecule has 0 bridgehead atoms. The van der Waals surface area contributed by atoms with Gasteiger partial charge in [-0.05, 0) is 42.8 Å². The Morgan fingerprint density at radius 2 is 1.75 bits per heavy atom. The number of aromatic nitrogens is 1. The number of ether oxygens (including phenoxy) is 2. The van der Waals surface area contributed by atoms with E-state index in [4.69, 9.17) is 21.1 Å². The Hall–Kier alpha value is -3.25. The maximum atomic E-state index is 12.5. The highest BCUT2D eigenvalue weighted by atomic mass is 35.5. The van der Waals surface area contributed by atoms with E-state index in [1.807, 2.05) is 31.2 Å². The summed E-state index contributed by atoms with van der Waals surface area (Å²) in [5.41, 5.74) is 3.20. The second-order valence-corrected chi connectivity index (χ2v) is 6.42. The molecule has 0 saturated heterocycles. The van der Waals surface area contributed by atoms with E-state index in [2.05, 4.69) is 15.6 Å². The zero-order valence-corrected chi connectivity index (χ0v) is 16.5. The van der Waals surface area contributed by atoms with Crippen molar-refractivity contribution in [2.45, 2.75) is 6.92 Å². The highest BCUT2D eigenvalue weighted by Gasteiger charge is 2.13. The van der Waals surface area contributed by atoms with Crippen molar-refractivity contribution in [2.24, 2.45) is 0 Å². The lowest BCUT2D eigenvalue weighted by Gasteiger charge is -2.13. The van der Waals surface area contributed by atoms with Crippen LogP contribution in [0.4, 0.5) is 17.1 Å². The standard InChI is InChI=1S/C21H20ClN3O3/c1-13-10-18(20(28-3)11-15(13)22)25-21(26)17-9-8-14(12-23-17)24-16-6-4-5-7-19(16)27-2/h4-12,24H,1-3H3,(H,25,26). The second kappa shape index (κ2) is 8.63. The van der Waals surface area contributed by atoms with E-state index in [1.165, 1.54) is 7.11 Å². The molecule has 2 N–H and O–H groups in total. The van der Waals surface area contributed by atoms with E-state index in [0.29, 0.717) is 16.5 Å². The van der Waals surface area contributed by atoms with Crippen LogP contribution in [0.3, 0.4) is 0 Å². The minimum atomic E-state index is -0.344. The summed E-state index contributed by atoms with van der Waals surface area (Å²) >= 11 is 6.10. The van der Waals surface area contributed by atoms with Crippen LogP contribution >= 0.6 is 11.6 Å². The summed E-state index contributed by atoms with van der Waals surface area (Å²) < 4.78 is 10.6. The Kier molecular flexibility index (Phi) is 6.01. The van der Waals surface area contributed by atoms with Crippen molar-refractivity contribution in [3.8, 4) is 11.5 Å². The van der Waals surface area contributed by atoms with Crippen LogP contribution < -0.4 is 20.1 Å². The molecule has 6 nitrogen and oxygen atoms in total. The second-order valence-electron chi connectivity index (χ2n) is 6.01. The van der Waals surface area contributed by atoms with Crippen LogP contribution in [0.15, 0.2) is 54.7 Å². The third-order valence-corrected chi connectivity index (χ3v) is 4.52. The Morgan fingerprint density at radius 1 is 1.00 bits per heavy atom.